The summed E-state index contributed by atoms with van der Waals surface area (Å²) in [4.78, 5) is 11.5. The molecule has 0 aliphatic carbocycles. The number of carbonyl (C=O) groups excluding carboxylic acids is 1. The van der Waals surface area contributed by atoms with E-state index in [0.717, 1.165) is 19.3 Å². The van der Waals surface area contributed by atoms with Crippen LogP contribution in [0.15, 0.2) is 11.6 Å². The van der Waals surface area contributed by atoms with Gasteiger partial charge in [0.2, 0.25) is 0 Å². The smallest absolute Gasteiger partial charge is 0.313 e. The molecule has 1 aliphatic heterocycles. The summed E-state index contributed by atoms with van der Waals surface area (Å²) < 4.78 is 5.22. The summed E-state index contributed by atoms with van der Waals surface area (Å²) in [5.74, 6) is -0.148. The summed E-state index contributed by atoms with van der Waals surface area (Å²) in [6.45, 7) is 6.33. The molecule has 3 heteroatoms. The molecule has 0 bridgehead atoms. The number of esters is 1. The van der Waals surface area contributed by atoms with Gasteiger partial charge in [0.25, 0.3) is 0 Å². The summed E-state index contributed by atoms with van der Waals surface area (Å²) in [6.07, 6.45) is 15.5. The van der Waals surface area contributed by atoms with E-state index in [-0.39, 0.29) is 24.1 Å². The van der Waals surface area contributed by atoms with E-state index in [1.165, 1.54) is 56.9 Å². The Morgan fingerprint density at radius 1 is 1.08 bits per heavy atom. The molecule has 0 aromatic heterocycles. The zero-order valence-corrected chi connectivity index (χ0v) is 16.1. The van der Waals surface area contributed by atoms with Crippen LogP contribution in [0.25, 0.3) is 0 Å². The average Bonchev–Trinajstić information content (AvgIpc) is 2.52. The molecule has 1 heterocycles. The molecular formula is C21H38O3. The van der Waals surface area contributed by atoms with Gasteiger partial charge in [-0.05, 0) is 26.7 Å². The number of allylic oxidation sites excluding steroid dienone is 2. The summed E-state index contributed by atoms with van der Waals surface area (Å²) >= 11 is 0. The second kappa shape index (κ2) is 12.5. The van der Waals surface area contributed by atoms with Crippen LogP contribution in [0.5, 0.6) is 0 Å². The summed E-state index contributed by atoms with van der Waals surface area (Å²) in [7, 11) is 0. The number of ether oxygens (including phenoxy) is 1. The van der Waals surface area contributed by atoms with Crippen molar-refractivity contribution in [2.75, 3.05) is 0 Å². The number of aliphatic hydroxyl groups is 1. The van der Waals surface area contributed by atoms with Gasteiger partial charge in [0.15, 0.2) is 0 Å². The normalized spacial score (nSPS) is 21.1. The fourth-order valence-corrected chi connectivity index (χ4v) is 3.30. The third-order valence-corrected chi connectivity index (χ3v) is 4.94. The van der Waals surface area contributed by atoms with Crippen molar-refractivity contribution in [1.82, 2.24) is 0 Å². The topological polar surface area (TPSA) is 46.5 Å². The molecule has 0 unspecified atom stereocenters. The highest BCUT2D eigenvalue weighted by atomic mass is 16.6. The molecule has 0 aromatic carbocycles. The van der Waals surface area contributed by atoms with E-state index < -0.39 is 0 Å². The monoisotopic (exact) mass is 338 g/mol. The Morgan fingerprint density at radius 3 is 2.21 bits per heavy atom. The number of rotatable bonds is 14. The minimum Gasteiger partial charge on any atom is -0.461 e. The first-order valence-electron chi connectivity index (χ1n) is 10.1. The highest BCUT2D eigenvalue weighted by molar-refractivity contribution is 5.78. The maximum Gasteiger partial charge on any atom is 0.313 e. The number of cyclic esters (lactones) is 1. The predicted molar refractivity (Wildman–Crippen MR) is 99.9 cm³/mol. The summed E-state index contributed by atoms with van der Waals surface area (Å²) in [6, 6.07) is 0. The molecular weight excluding hydrogens is 300 g/mol. The second-order valence-corrected chi connectivity index (χ2v) is 7.61. The van der Waals surface area contributed by atoms with Crippen molar-refractivity contribution in [3.8, 4) is 0 Å². The van der Waals surface area contributed by atoms with E-state index in [2.05, 4.69) is 13.0 Å². The zero-order valence-electron chi connectivity index (χ0n) is 16.1. The molecule has 3 nitrogen and oxygen atoms in total. The lowest BCUT2D eigenvalue weighted by Crippen LogP contribution is -2.46. The first-order chi connectivity index (χ1) is 11.5. The minimum atomic E-state index is -0.332. The molecule has 1 fully saturated rings. The van der Waals surface area contributed by atoms with Crippen LogP contribution in [0.2, 0.25) is 0 Å². The van der Waals surface area contributed by atoms with E-state index in [0.29, 0.717) is 6.42 Å². The van der Waals surface area contributed by atoms with Crippen LogP contribution in [-0.4, -0.2) is 23.3 Å². The maximum atomic E-state index is 11.5. The molecule has 0 spiro atoms. The first-order valence-corrected chi connectivity index (χ1v) is 10.1. The van der Waals surface area contributed by atoms with Crippen molar-refractivity contribution >= 4 is 5.97 Å². The van der Waals surface area contributed by atoms with Crippen molar-refractivity contribution in [2.24, 2.45) is 5.92 Å². The number of hydrogen-bond donors (Lipinski definition) is 1. The van der Waals surface area contributed by atoms with Crippen LogP contribution in [0.3, 0.4) is 0 Å². The summed E-state index contributed by atoms with van der Waals surface area (Å²) in [5, 5.41) is 10.2. The molecule has 1 N–H and O–H groups in total. The molecule has 24 heavy (non-hydrogen) atoms. The van der Waals surface area contributed by atoms with Gasteiger partial charge in [-0.1, -0.05) is 76.4 Å². The number of unbranched alkanes of at least 4 members (excludes halogenated alkanes) is 8. The molecule has 1 saturated heterocycles. The fraction of sp³-hybridized carbons (Fsp3) is 0.857. The van der Waals surface area contributed by atoms with Crippen LogP contribution in [-0.2, 0) is 9.53 Å². The molecule has 1 aliphatic rings. The van der Waals surface area contributed by atoms with Gasteiger partial charge < -0.3 is 9.84 Å². The first kappa shape index (κ1) is 21.2. The zero-order chi connectivity index (χ0) is 17.8. The number of aliphatic hydroxyl groups excluding tert-OH is 1. The Morgan fingerprint density at radius 2 is 1.67 bits per heavy atom. The molecule has 140 valence electrons. The van der Waals surface area contributed by atoms with E-state index in [4.69, 9.17) is 4.74 Å². The van der Waals surface area contributed by atoms with Gasteiger partial charge in [-0.2, -0.15) is 0 Å². The van der Waals surface area contributed by atoms with Crippen molar-refractivity contribution in [3.05, 3.63) is 11.6 Å². The van der Waals surface area contributed by atoms with Crippen molar-refractivity contribution in [3.63, 3.8) is 0 Å². The van der Waals surface area contributed by atoms with Crippen LogP contribution in [0.1, 0.15) is 97.8 Å². The molecule has 1 rings (SSSR count). The third kappa shape index (κ3) is 8.86. The quantitative estimate of drug-likeness (QED) is 0.256. The fourth-order valence-electron chi connectivity index (χ4n) is 3.30. The Bertz CT molecular complexity index is 371. The predicted octanol–water partition coefficient (Wildman–Crippen LogP) is 5.56. The average molecular weight is 339 g/mol. The van der Waals surface area contributed by atoms with E-state index in [1.54, 1.807) is 0 Å². The molecule has 0 aromatic rings. The maximum absolute atomic E-state index is 11.5. The van der Waals surface area contributed by atoms with Crippen LogP contribution in [0, 0.1) is 5.92 Å². The lowest BCUT2D eigenvalue weighted by molar-refractivity contribution is -0.187. The molecule has 0 saturated carbocycles. The largest absolute Gasteiger partial charge is 0.461 e. The van der Waals surface area contributed by atoms with Crippen LogP contribution in [0.4, 0.5) is 0 Å². The molecule has 0 amide bonds. The van der Waals surface area contributed by atoms with Gasteiger partial charge >= 0.3 is 5.97 Å². The third-order valence-electron chi connectivity index (χ3n) is 4.94. The lowest BCUT2D eigenvalue weighted by atomic mass is 9.88. The SMILES string of the molecule is CCCCCCCCCCC[C@@H](O)C[C@H]1OC(=O)[C@@H]1CC=C(C)C. The molecule has 0 radical (unpaired) electrons. The van der Waals surface area contributed by atoms with E-state index in [1.807, 2.05) is 13.8 Å². The minimum absolute atomic E-state index is 0.0438. The van der Waals surface area contributed by atoms with Gasteiger partial charge in [0.05, 0.1) is 12.0 Å². The lowest BCUT2D eigenvalue weighted by Gasteiger charge is -2.36. The van der Waals surface area contributed by atoms with Gasteiger partial charge in [-0.3, -0.25) is 4.79 Å². The Kier molecular flexibility index (Phi) is 11.1. The van der Waals surface area contributed by atoms with Crippen LogP contribution >= 0.6 is 0 Å². The standard InChI is InChI=1S/C21H38O3/c1-4-5-6-7-8-9-10-11-12-13-18(22)16-20-19(21(23)24-20)15-14-17(2)3/h14,18-20,22H,4-13,15-16H2,1-3H3/t18-,19-,20-/m1/s1. The molecule has 3 atom stereocenters. The number of carbonyl (C=O) groups is 1. The second-order valence-electron chi connectivity index (χ2n) is 7.61. The highest BCUT2D eigenvalue weighted by Gasteiger charge is 2.42. The Balaban J connectivity index is 2.02. The van der Waals surface area contributed by atoms with E-state index in [9.17, 15) is 9.90 Å². The van der Waals surface area contributed by atoms with E-state index >= 15 is 0 Å². The Labute approximate surface area is 148 Å². The van der Waals surface area contributed by atoms with Gasteiger partial charge in [0.1, 0.15) is 6.10 Å². The van der Waals surface area contributed by atoms with Crippen molar-refractivity contribution in [2.45, 2.75) is 110 Å². The highest BCUT2D eigenvalue weighted by Crippen LogP contribution is 2.30. The number of hydrogen-bond acceptors (Lipinski definition) is 3. The Hall–Kier alpha value is -0.830. The van der Waals surface area contributed by atoms with Crippen molar-refractivity contribution < 1.29 is 14.6 Å². The van der Waals surface area contributed by atoms with Gasteiger partial charge in [0, 0.05) is 6.42 Å². The van der Waals surface area contributed by atoms with Gasteiger partial charge in [-0.15, -0.1) is 0 Å². The summed E-state index contributed by atoms with van der Waals surface area (Å²) in [5.41, 5.74) is 1.23. The van der Waals surface area contributed by atoms with Crippen molar-refractivity contribution in [1.29, 1.82) is 0 Å². The van der Waals surface area contributed by atoms with Crippen LogP contribution < -0.4 is 0 Å². The van der Waals surface area contributed by atoms with Gasteiger partial charge in [-0.25, -0.2) is 0 Å².